The van der Waals surface area contributed by atoms with Gasteiger partial charge in [0.05, 0.1) is 16.8 Å². The van der Waals surface area contributed by atoms with Gasteiger partial charge >= 0.3 is 0 Å². The molecule has 1 heterocycles. The molecule has 0 saturated carbocycles. The maximum atomic E-state index is 11.7. The third kappa shape index (κ3) is 3.67. The number of thiazole rings is 1. The van der Waals surface area contributed by atoms with Crippen molar-refractivity contribution in [3.63, 3.8) is 0 Å². The van der Waals surface area contributed by atoms with Gasteiger partial charge in [-0.15, -0.1) is 0 Å². The van der Waals surface area contributed by atoms with Crippen molar-refractivity contribution in [2.75, 3.05) is 25.0 Å². The molecule has 0 radical (unpaired) electrons. The first-order valence-corrected chi connectivity index (χ1v) is 7.35. The van der Waals surface area contributed by atoms with E-state index < -0.39 is 0 Å². The number of fused-ring (bicyclic) bond motifs is 1. The monoisotopic (exact) mass is 277 g/mol. The quantitative estimate of drug-likeness (QED) is 0.826. The van der Waals surface area contributed by atoms with Gasteiger partial charge in [0.1, 0.15) is 0 Å². The summed E-state index contributed by atoms with van der Waals surface area (Å²) in [5.74, 6) is 0.0511. The molecular formula is C14H19N3OS. The lowest BCUT2D eigenvalue weighted by Crippen LogP contribution is -2.35. The lowest BCUT2D eigenvalue weighted by molar-refractivity contribution is -0.119. The number of amides is 1. The predicted octanol–water partition coefficient (Wildman–Crippen LogP) is 2.65. The van der Waals surface area contributed by atoms with Gasteiger partial charge in [0.2, 0.25) is 5.91 Å². The van der Waals surface area contributed by atoms with Crippen LogP contribution in [0, 0.1) is 0 Å². The Labute approximate surface area is 117 Å². The molecule has 19 heavy (non-hydrogen) atoms. The fraction of sp³-hybridized carbons (Fsp3) is 0.429. The van der Waals surface area contributed by atoms with Crippen molar-refractivity contribution in [2.24, 2.45) is 0 Å². The van der Waals surface area contributed by atoms with E-state index in [1.807, 2.05) is 36.2 Å². The molecule has 0 bridgehead atoms. The van der Waals surface area contributed by atoms with Crippen LogP contribution in [-0.4, -0.2) is 31.0 Å². The summed E-state index contributed by atoms with van der Waals surface area (Å²) in [4.78, 5) is 18.2. The molecular weight excluding hydrogens is 258 g/mol. The second-order valence-electron chi connectivity index (χ2n) is 4.52. The van der Waals surface area contributed by atoms with Crippen LogP contribution in [0.5, 0.6) is 0 Å². The molecule has 5 heteroatoms. The lowest BCUT2D eigenvalue weighted by Gasteiger charge is -2.14. The minimum atomic E-state index is 0.0511. The Hall–Kier alpha value is -1.62. The average Bonchev–Trinajstić information content (AvgIpc) is 2.83. The average molecular weight is 277 g/mol. The summed E-state index contributed by atoms with van der Waals surface area (Å²) in [6.07, 6.45) is 2.12. The largest absolute Gasteiger partial charge is 0.355 e. The Kier molecular flexibility index (Phi) is 4.74. The van der Waals surface area contributed by atoms with Gasteiger partial charge in [-0.25, -0.2) is 4.98 Å². The summed E-state index contributed by atoms with van der Waals surface area (Å²) in [5, 5.41) is 3.80. The van der Waals surface area contributed by atoms with Crippen molar-refractivity contribution >= 4 is 32.6 Å². The van der Waals surface area contributed by atoms with E-state index in [1.165, 1.54) is 0 Å². The summed E-state index contributed by atoms with van der Waals surface area (Å²) in [6, 6.07) is 8.02. The molecule has 1 aromatic heterocycles. The van der Waals surface area contributed by atoms with Crippen molar-refractivity contribution in [1.29, 1.82) is 0 Å². The van der Waals surface area contributed by atoms with Crippen LogP contribution in [0.25, 0.3) is 10.2 Å². The van der Waals surface area contributed by atoms with E-state index in [0.717, 1.165) is 34.7 Å². The highest BCUT2D eigenvalue weighted by molar-refractivity contribution is 7.22. The van der Waals surface area contributed by atoms with E-state index in [-0.39, 0.29) is 5.91 Å². The maximum Gasteiger partial charge on any atom is 0.239 e. The molecule has 0 unspecified atom stereocenters. The molecule has 0 aliphatic carbocycles. The maximum absolute atomic E-state index is 11.7. The molecule has 4 nitrogen and oxygen atoms in total. The van der Waals surface area contributed by atoms with E-state index in [2.05, 4.69) is 17.2 Å². The first-order chi connectivity index (χ1) is 9.20. The number of anilines is 1. The van der Waals surface area contributed by atoms with Crippen LogP contribution in [-0.2, 0) is 4.79 Å². The molecule has 0 aliphatic rings. The summed E-state index contributed by atoms with van der Waals surface area (Å²) in [5.41, 5.74) is 0.987. The summed E-state index contributed by atoms with van der Waals surface area (Å²) in [7, 11) is 1.90. The van der Waals surface area contributed by atoms with Crippen molar-refractivity contribution in [3.8, 4) is 0 Å². The highest BCUT2D eigenvalue weighted by Crippen LogP contribution is 2.27. The number of unbranched alkanes of at least 4 members (excludes halogenated alkanes) is 1. The van der Waals surface area contributed by atoms with Crippen LogP contribution in [0.2, 0.25) is 0 Å². The number of rotatable bonds is 6. The Morgan fingerprint density at radius 3 is 2.95 bits per heavy atom. The first kappa shape index (κ1) is 13.8. The van der Waals surface area contributed by atoms with Crippen molar-refractivity contribution in [2.45, 2.75) is 19.8 Å². The van der Waals surface area contributed by atoms with E-state index in [0.29, 0.717) is 6.54 Å². The number of likely N-dealkylation sites (N-methyl/N-ethyl adjacent to an activating group) is 1. The minimum Gasteiger partial charge on any atom is -0.355 e. The smallest absolute Gasteiger partial charge is 0.239 e. The van der Waals surface area contributed by atoms with E-state index in [1.54, 1.807) is 11.3 Å². The zero-order chi connectivity index (χ0) is 13.7. The SMILES string of the molecule is CCCCNC(=O)CN(C)c1nc2ccccc2s1. The summed E-state index contributed by atoms with van der Waals surface area (Å²) >= 11 is 1.61. The predicted molar refractivity (Wildman–Crippen MR) is 80.8 cm³/mol. The van der Waals surface area contributed by atoms with Crippen LogP contribution in [0.3, 0.4) is 0 Å². The van der Waals surface area contributed by atoms with Gasteiger partial charge in [-0.3, -0.25) is 4.79 Å². The van der Waals surface area contributed by atoms with Crippen LogP contribution >= 0.6 is 11.3 Å². The zero-order valence-electron chi connectivity index (χ0n) is 11.3. The van der Waals surface area contributed by atoms with Gasteiger partial charge < -0.3 is 10.2 Å². The van der Waals surface area contributed by atoms with E-state index in [4.69, 9.17) is 0 Å². The highest BCUT2D eigenvalue weighted by atomic mass is 32.1. The number of nitrogens with zero attached hydrogens (tertiary/aromatic N) is 2. The molecule has 0 atom stereocenters. The third-order valence-electron chi connectivity index (χ3n) is 2.84. The number of para-hydroxylation sites is 1. The van der Waals surface area contributed by atoms with Gasteiger partial charge in [-0.1, -0.05) is 36.8 Å². The normalized spacial score (nSPS) is 10.6. The number of carbonyl (C=O) groups excluding carboxylic acids is 1. The van der Waals surface area contributed by atoms with Crippen LogP contribution in [0.1, 0.15) is 19.8 Å². The molecule has 0 spiro atoms. The second kappa shape index (κ2) is 6.52. The van der Waals surface area contributed by atoms with Gasteiger partial charge in [0.25, 0.3) is 0 Å². The van der Waals surface area contributed by atoms with Gasteiger partial charge in [-0.05, 0) is 18.6 Å². The number of benzene rings is 1. The lowest BCUT2D eigenvalue weighted by atomic mass is 10.3. The molecule has 2 aromatic rings. The van der Waals surface area contributed by atoms with Gasteiger partial charge in [0.15, 0.2) is 5.13 Å². The molecule has 0 aliphatic heterocycles. The molecule has 2 rings (SSSR count). The number of nitrogens with one attached hydrogen (secondary N) is 1. The van der Waals surface area contributed by atoms with Crippen molar-refractivity contribution in [1.82, 2.24) is 10.3 Å². The van der Waals surface area contributed by atoms with Gasteiger partial charge in [-0.2, -0.15) is 0 Å². The standard InChI is InChI=1S/C14H19N3OS/c1-3-4-9-15-13(18)10-17(2)14-16-11-7-5-6-8-12(11)19-14/h5-8H,3-4,9-10H2,1-2H3,(H,15,18). The highest BCUT2D eigenvalue weighted by Gasteiger charge is 2.11. The Bertz CT molecular complexity index is 519. The number of hydrogen-bond donors (Lipinski definition) is 1. The molecule has 1 aromatic carbocycles. The van der Waals surface area contributed by atoms with Crippen molar-refractivity contribution < 1.29 is 4.79 Å². The molecule has 1 amide bonds. The van der Waals surface area contributed by atoms with Crippen molar-refractivity contribution in [3.05, 3.63) is 24.3 Å². The topological polar surface area (TPSA) is 45.2 Å². The van der Waals surface area contributed by atoms with Crippen LogP contribution < -0.4 is 10.2 Å². The first-order valence-electron chi connectivity index (χ1n) is 6.54. The molecule has 102 valence electrons. The number of aromatic nitrogens is 1. The number of hydrogen-bond acceptors (Lipinski definition) is 4. The summed E-state index contributed by atoms with van der Waals surface area (Å²) in [6.45, 7) is 3.21. The fourth-order valence-corrected chi connectivity index (χ4v) is 2.69. The van der Waals surface area contributed by atoms with E-state index in [9.17, 15) is 4.79 Å². The molecule has 0 saturated heterocycles. The van der Waals surface area contributed by atoms with Crippen LogP contribution in [0.15, 0.2) is 24.3 Å². The Morgan fingerprint density at radius 2 is 2.21 bits per heavy atom. The van der Waals surface area contributed by atoms with Gasteiger partial charge in [0, 0.05) is 13.6 Å². The van der Waals surface area contributed by atoms with Crippen LogP contribution in [0.4, 0.5) is 5.13 Å². The summed E-state index contributed by atoms with van der Waals surface area (Å²) < 4.78 is 1.15. The Morgan fingerprint density at radius 1 is 1.42 bits per heavy atom. The second-order valence-corrected chi connectivity index (χ2v) is 5.53. The fourth-order valence-electron chi connectivity index (χ4n) is 1.77. The Balaban J connectivity index is 1.95. The zero-order valence-corrected chi connectivity index (χ0v) is 12.2. The molecule has 1 N–H and O–H groups in total. The third-order valence-corrected chi connectivity index (χ3v) is 3.99. The minimum absolute atomic E-state index is 0.0511. The van der Waals surface area contributed by atoms with E-state index >= 15 is 0 Å². The molecule has 0 fully saturated rings. The number of carbonyl (C=O) groups is 1.